The molecule has 1 amide bonds. The first-order valence-corrected chi connectivity index (χ1v) is 6.33. The van der Waals surface area contributed by atoms with Gasteiger partial charge in [-0.3, -0.25) is 4.79 Å². The fourth-order valence-electron chi connectivity index (χ4n) is 1.95. The van der Waals surface area contributed by atoms with Gasteiger partial charge in [-0.25, -0.2) is 0 Å². The van der Waals surface area contributed by atoms with Crippen LogP contribution < -0.4 is 11.1 Å². The second kappa shape index (κ2) is 6.20. The topological polar surface area (TPSA) is 60.0 Å². The lowest BCUT2D eigenvalue weighted by Gasteiger charge is -2.11. The van der Waals surface area contributed by atoms with Crippen LogP contribution in [-0.4, -0.2) is 16.5 Å². The first-order valence-electron chi connectivity index (χ1n) is 6.33. The fourth-order valence-corrected chi connectivity index (χ4v) is 1.95. The number of rotatable bonds is 5. The summed E-state index contributed by atoms with van der Waals surface area (Å²) in [5.74, 6) is -0.118. The summed E-state index contributed by atoms with van der Waals surface area (Å²) in [6.07, 6.45) is 4.48. The normalized spacial score (nSPS) is 12.1. The zero-order chi connectivity index (χ0) is 13.7. The lowest BCUT2D eigenvalue weighted by molar-refractivity contribution is -0.122. The Morgan fingerprint density at radius 2 is 2.00 bits per heavy atom. The summed E-state index contributed by atoms with van der Waals surface area (Å²) >= 11 is 0. The van der Waals surface area contributed by atoms with Gasteiger partial charge in [0.1, 0.15) is 0 Å². The second-order valence-electron chi connectivity index (χ2n) is 4.70. The third-order valence-corrected chi connectivity index (χ3v) is 3.00. The predicted octanol–water partition coefficient (Wildman–Crippen LogP) is 1.21. The van der Waals surface area contributed by atoms with Crippen molar-refractivity contribution >= 4 is 5.91 Å². The maximum Gasteiger partial charge on any atom is 0.237 e. The number of aromatic nitrogens is 1. The number of nitrogens with two attached hydrogens (primary N) is 1. The summed E-state index contributed by atoms with van der Waals surface area (Å²) in [5, 5.41) is 2.86. The van der Waals surface area contributed by atoms with Crippen LogP contribution in [0.15, 0.2) is 48.8 Å². The zero-order valence-electron chi connectivity index (χ0n) is 11.0. The van der Waals surface area contributed by atoms with Gasteiger partial charge in [0, 0.05) is 26.0 Å². The van der Waals surface area contributed by atoms with E-state index in [9.17, 15) is 4.79 Å². The Labute approximate surface area is 113 Å². The van der Waals surface area contributed by atoms with Crippen LogP contribution in [0.4, 0.5) is 0 Å². The molecular formula is C15H19N3O. The Kier molecular flexibility index (Phi) is 4.36. The Hall–Kier alpha value is -2.07. The van der Waals surface area contributed by atoms with E-state index in [1.165, 1.54) is 0 Å². The van der Waals surface area contributed by atoms with Crippen molar-refractivity contribution < 1.29 is 4.79 Å². The molecule has 0 saturated carbocycles. The first kappa shape index (κ1) is 13.4. The lowest BCUT2D eigenvalue weighted by Crippen LogP contribution is -2.41. The van der Waals surface area contributed by atoms with Gasteiger partial charge in [0.25, 0.3) is 0 Å². The van der Waals surface area contributed by atoms with Gasteiger partial charge in [0.15, 0.2) is 0 Å². The summed E-state index contributed by atoms with van der Waals surface area (Å²) in [4.78, 5) is 11.9. The Morgan fingerprint density at radius 3 is 2.63 bits per heavy atom. The highest BCUT2D eigenvalue weighted by Crippen LogP contribution is 2.03. The highest BCUT2D eigenvalue weighted by atomic mass is 16.2. The minimum Gasteiger partial charge on any atom is -0.357 e. The number of hydrogen-bond acceptors (Lipinski definition) is 2. The van der Waals surface area contributed by atoms with E-state index in [4.69, 9.17) is 5.73 Å². The molecule has 1 unspecified atom stereocenters. The average molecular weight is 257 g/mol. The third kappa shape index (κ3) is 3.96. The second-order valence-corrected chi connectivity index (χ2v) is 4.70. The average Bonchev–Trinajstić information content (AvgIpc) is 2.83. The molecule has 4 nitrogen and oxygen atoms in total. The molecule has 1 aromatic heterocycles. The number of nitrogens with zero attached hydrogens (tertiary/aromatic N) is 1. The molecule has 0 saturated heterocycles. The molecule has 2 rings (SSSR count). The van der Waals surface area contributed by atoms with Gasteiger partial charge in [0.2, 0.25) is 5.91 Å². The quantitative estimate of drug-likeness (QED) is 0.846. The molecule has 0 radical (unpaired) electrons. The monoisotopic (exact) mass is 257 g/mol. The molecule has 0 fully saturated rings. The molecule has 2 aromatic rings. The van der Waals surface area contributed by atoms with E-state index in [2.05, 4.69) is 5.32 Å². The molecule has 0 aliphatic rings. The predicted molar refractivity (Wildman–Crippen MR) is 75.4 cm³/mol. The number of hydrogen-bond donors (Lipinski definition) is 2. The van der Waals surface area contributed by atoms with Crippen molar-refractivity contribution in [3.63, 3.8) is 0 Å². The molecule has 0 aliphatic heterocycles. The van der Waals surface area contributed by atoms with Gasteiger partial charge in [-0.1, -0.05) is 30.3 Å². The van der Waals surface area contributed by atoms with Crippen molar-refractivity contribution in [3.8, 4) is 0 Å². The maximum absolute atomic E-state index is 11.9. The van der Waals surface area contributed by atoms with E-state index in [-0.39, 0.29) is 5.91 Å². The number of nitrogens with one attached hydrogen (secondary N) is 1. The summed E-state index contributed by atoms with van der Waals surface area (Å²) in [6.45, 7) is 0.516. The highest BCUT2D eigenvalue weighted by molar-refractivity contribution is 5.81. The molecule has 19 heavy (non-hydrogen) atoms. The van der Waals surface area contributed by atoms with E-state index in [1.54, 1.807) is 0 Å². The van der Waals surface area contributed by atoms with E-state index in [1.807, 2.05) is 60.4 Å². The number of benzene rings is 1. The number of carbonyl (C=O) groups excluding carboxylic acids is 1. The molecule has 0 spiro atoms. The Balaban J connectivity index is 1.82. The summed E-state index contributed by atoms with van der Waals surface area (Å²) in [5.41, 5.74) is 8.05. The number of aryl methyl sites for hydroxylation is 1. The van der Waals surface area contributed by atoms with Crippen molar-refractivity contribution in [1.29, 1.82) is 0 Å². The molecular weight excluding hydrogens is 238 g/mol. The Bertz CT molecular complexity index is 533. The molecule has 1 atom stereocenters. The van der Waals surface area contributed by atoms with Crippen molar-refractivity contribution in [2.75, 3.05) is 0 Å². The SMILES string of the molecule is Cn1ccc(CNC(=O)C(N)Cc2ccccc2)c1. The number of carbonyl (C=O) groups is 1. The third-order valence-electron chi connectivity index (χ3n) is 3.00. The van der Waals surface area contributed by atoms with Crippen molar-refractivity contribution in [1.82, 2.24) is 9.88 Å². The Morgan fingerprint density at radius 1 is 1.26 bits per heavy atom. The van der Waals surface area contributed by atoms with E-state index < -0.39 is 6.04 Å². The van der Waals surface area contributed by atoms with Crippen LogP contribution in [0.5, 0.6) is 0 Å². The number of amides is 1. The molecule has 1 heterocycles. The standard InChI is InChI=1S/C15H19N3O/c1-18-8-7-13(11-18)10-17-15(19)14(16)9-12-5-3-2-4-6-12/h2-8,11,14H,9-10,16H2,1H3,(H,17,19). The van der Waals surface area contributed by atoms with Gasteiger partial charge in [0.05, 0.1) is 6.04 Å². The lowest BCUT2D eigenvalue weighted by atomic mass is 10.1. The van der Waals surface area contributed by atoms with Gasteiger partial charge in [-0.2, -0.15) is 0 Å². The van der Waals surface area contributed by atoms with Gasteiger partial charge in [-0.15, -0.1) is 0 Å². The van der Waals surface area contributed by atoms with Crippen molar-refractivity contribution in [3.05, 3.63) is 59.9 Å². The minimum absolute atomic E-state index is 0.118. The smallest absolute Gasteiger partial charge is 0.237 e. The van der Waals surface area contributed by atoms with E-state index in [0.29, 0.717) is 13.0 Å². The summed E-state index contributed by atoms with van der Waals surface area (Å²) in [6, 6.07) is 11.3. The van der Waals surface area contributed by atoms with E-state index >= 15 is 0 Å². The fraction of sp³-hybridized carbons (Fsp3) is 0.267. The molecule has 1 aromatic carbocycles. The van der Waals surface area contributed by atoms with E-state index in [0.717, 1.165) is 11.1 Å². The first-order chi connectivity index (χ1) is 9.15. The van der Waals surface area contributed by atoms with Crippen molar-refractivity contribution in [2.45, 2.75) is 19.0 Å². The largest absolute Gasteiger partial charge is 0.357 e. The zero-order valence-corrected chi connectivity index (χ0v) is 11.0. The molecule has 0 bridgehead atoms. The maximum atomic E-state index is 11.9. The van der Waals surface area contributed by atoms with Gasteiger partial charge < -0.3 is 15.6 Å². The molecule has 0 aliphatic carbocycles. The minimum atomic E-state index is -0.508. The summed E-state index contributed by atoms with van der Waals surface area (Å²) in [7, 11) is 1.95. The van der Waals surface area contributed by atoms with Crippen molar-refractivity contribution in [2.24, 2.45) is 12.8 Å². The molecule has 3 N–H and O–H groups in total. The van der Waals surface area contributed by atoms with Gasteiger partial charge >= 0.3 is 0 Å². The molecule has 4 heteroatoms. The van der Waals surface area contributed by atoms with Crippen LogP contribution in [0.1, 0.15) is 11.1 Å². The van der Waals surface area contributed by atoms with Crippen LogP contribution in [0.25, 0.3) is 0 Å². The van der Waals surface area contributed by atoms with Crippen LogP contribution in [-0.2, 0) is 24.8 Å². The summed E-state index contributed by atoms with van der Waals surface area (Å²) < 4.78 is 1.95. The molecule has 100 valence electrons. The van der Waals surface area contributed by atoms with Crippen LogP contribution >= 0.6 is 0 Å². The van der Waals surface area contributed by atoms with Crippen LogP contribution in [0.3, 0.4) is 0 Å². The van der Waals surface area contributed by atoms with Crippen LogP contribution in [0.2, 0.25) is 0 Å². The van der Waals surface area contributed by atoms with Crippen LogP contribution in [0, 0.1) is 0 Å². The van der Waals surface area contributed by atoms with Gasteiger partial charge in [-0.05, 0) is 23.6 Å². The highest BCUT2D eigenvalue weighted by Gasteiger charge is 2.13.